The molecular weight excluding hydrogens is 306 g/mol. The van der Waals surface area contributed by atoms with E-state index in [1.54, 1.807) is 17.6 Å². The third-order valence-corrected chi connectivity index (χ3v) is 6.63. The fraction of sp³-hybridized carbons (Fsp3) is 0.467. The summed E-state index contributed by atoms with van der Waals surface area (Å²) in [6, 6.07) is 8.96. The Hall–Kier alpha value is -0.490. The fourth-order valence-electron chi connectivity index (χ4n) is 2.02. The van der Waals surface area contributed by atoms with Gasteiger partial charge in [-0.15, -0.1) is 22.7 Å². The van der Waals surface area contributed by atoms with E-state index in [4.69, 9.17) is 0 Å². The van der Waals surface area contributed by atoms with Gasteiger partial charge in [-0.25, -0.2) is 0 Å². The lowest BCUT2D eigenvalue weighted by Gasteiger charge is -2.18. The molecule has 0 amide bonds. The van der Waals surface area contributed by atoms with Crippen LogP contribution in [0, 0.1) is 0 Å². The van der Waals surface area contributed by atoms with Crippen LogP contribution in [0.3, 0.4) is 0 Å². The molecule has 2 aromatic heterocycles. The van der Waals surface area contributed by atoms with Gasteiger partial charge in [-0.2, -0.15) is 0 Å². The van der Waals surface area contributed by atoms with Crippen molar-refractivity contribution in [3.8, 4) is 0 Å². The van der Waals surface area contributed by atoms with Crippen LogP contribution >= 0.6 is 22.7 Å². The van der Waals surface area contributed by atoms with Crippen LogP contribution in [0.5, 0.6) is 0 Å². The normalized spacial score (nSPS) is 15.9. The second kappa shape index (κ2) is 8.08. The highest BCUT2D eigenvalue weighted by Gasteiger charge is 2.14. The summed E-state index contributed by atoms with van der Waals surface area (Å²) in [5.41, 5.74) is 0. The Kier molecular flexibility index (Phi) is 6.42. The van der Waals surface area contributed by atoms with Gasteiger partial charge in [0.1, 0.15) is 0 Å². The molecule has 0 fully saturated rings. The van der Waals surface area contributed by atoms with Gasteiger partial charge in [-0.1, -0.05) is 19.1 Å². The molecule has 2 rings (SSSR count). The number of rotatable bonds is 8. The lowest BCUT2D eigenvalue weighted by atomic mass is 10.1. The van der Waals surface area contributed by atoms with Crippen LogP contribution in [0.4, 0.5) is 0 Å². The topological polar surface area (TPSA) is 29.1 Å². The second-order valence-electron chi connectivity index (χ2n) is 4.90. The molecule has 0 aromatic carbocycles. The minimum atomic E-state index is -0.729. The van der Waals surface area contributed by atoms with Crippen molar-refractivity contribution >= 4 is 33.5 Å². The smallest absolute Gasteiger partial charge is 0.0463 e. The second-order valence-corrected chi connectivity index (χ2v) is 8.72. The largest absolute Gasteiger partial charge is 0.309 e. The predicted molar refractivity (Wildman–Crippen MR) is 91.2 cm³/mol. The van der Waals surface area contributed by atoms with Crippen molar-refractivity contribution in [3.63, 3.8) is 0 Å². The van der Waals surface area contributed by atoms with Crippen molar-refractivity contribution in [1.82, 2.24) is 5.32 Å². The van der Waals surface area contributed by atoms with Crippen LogP contribution in [0.1, 0.15) is 29.1 Å². The van der Waals surface area contributed by atoms with Gasteiger partial charge >= 0.3 is 0 Å². The van der Waals surface area contributed by atoms with Gasteiger partial charge < -0.3 is 5.32 Å². The summed E-state index contributed by atoms with van der Waals surface area (Å²) in [5, 5.41) is 8.14. The maximum absolute atomic E-state index is 11.4. The lowest BCUT2D eigenvalue weighted by Crippen LogP contribution is -2.26. The first-order valence-corrected chi connectivity index (χ1v) is 10.2. The highest BCUT2D eigenvalue weighted by Crippen LogP contribution is 2.24. The third kappa shape index (κ3) is 4.81. The molecule has 0 radical (unpaired) electrons. The first-order valence-electron chi connectivity index (χ1n) is 6.78. The zero-order chi connectivity index (χ0) is 14.4. The van der Waals surface area contributed by atoms with E-state index < -0.39 is 10.8 Å². The number of thiophene rings is 2. The Morgan fingerprint density at radius 2 is 2.00 bits per heavy atom. The number of hydrogen-bond donors (Lipinski definition) is 1. The quantitative estimate of drug-likeness (QED) is 0.798. The molecule has 1 N–H and O–H groups in total. The Morgan fingerprint density at radius 3 is 2.60 bits per heavy atom. The standard InChI is InChI=1S/C15H21NOS3/c1-12(20(2)17)7-8-16-14(15-6-4-10-19-15)11-13-5-3-9-18-13/h3-6,9-10,12,14,16H,7-8,11H2,1-2H3. The fourth-order valence-corrected chi connectivity index (χ4v) is 4.02. The van der Waals surface area contributed by atoms with Gasteiger partial charge in [0.25, 0.3) is 0 Å². The van der Waals surface area contributed by atoms with Crippen LogP contribution in [0.15, 0.2) is 35.0 Å². The van der Waals surface area contributed by atoms with E-state index in [0.29, 0.717) is 6.04 Å². The molecule has 0 saturated heterocycles. The molecule has 0 aliphatic rings. The van der Waals surface area contributed by atoms with Crippen LogP contribution < -0.4 is 5.32 Å². The molecule has 0 aliphatic carbocycles. The molecule has 0 aliphatic heterocycles. The Bertz CT molecular complexity index is 507. The number of hydrogen-bond acceptors (Lipinski definition) is 4. The predicted octanol–water partition coefficient (Wildman–Crippen LogP) is 3.84. The monoisotopic (exact) mass is 327 g/mol. The molecule has 3 atom stereocenters. The van der Waals surface area contributed by atoms with E-state index >= 15 is 0 Å². The summed E-state index contributed by atoms with van der Waals surface area (Å²) in [4.78, 5) is 2.78. The van der Waals surface area contributed by atoms with Gasteiger partial charge in [0.05, 0.1) is 0 Å². The van der Waals surface area contributed by atoms with Crippen molar-refractivity contribution < 1.29 is 4.21 Å². The molecule has 20 heavy (non-hydrogen) atoms. The van der Waals surface area contributed by atoms with Crippen molar-refractivity contribution in [2.24, 2.45) is 0 Å². The molecule has 2 heterocycles. The highest BCUT2D eigenvalue weighted by molar-refractivity contribution is 7.84. The average Bonchev–Trinajstić information content (AvgIpc) is 3.10. The van der Waals surface area contributed by atoms with Crippen LogP contribution in [0.25, 0.3) is 0 Å². The van der Waals surface area contributed by atoms with Gasteiger partial charge in [0.2, 0.25) is 0 Å². The summed E-state index contributed by atoms with van der Waals surface area (Å²) < 4.78 is 11.4. The average molecular weight is 328 g/mol. The minimum Gasteiger partial charge on any atom is -0.309 e. The van der Waals surface area contributed by atoms with Crippen molar-refractivity contribution in [2.45, 2.75) is 31.1 Å². The molecule has 0 spiro atoms. The van der Waals surface area contributed by atoms with Crippen LogP contribution in [0.2, 0.25) is 0 Å². The summed E-state index contributed by atoms with van der Waals surface area (Å²) in [5.74, 6) is 0. The zero-order valence-electron chi connectivity index (χ0n) is 11.9. The van der Waals surface area contributed by atoms with Gasteiger partial charge in [0.15, 0.2) is 0 Å². The zero-order valence-corrected chi connectivity index (χ0v) is 14.3. The molecule has 2 nitrogen and oxygen atoms in total. The summed E-state index contributed by atoms with van der Waals surface area (Å²) in [6.07, 6.45) is 3.77. The molecular formula is C15H21NOS3. The third-order valence-electron chi connectivity index (χ3n) is 3.38. The van der Waals surface area contributed by atoms with Crippen LogP contribution in [-0.2, 0) is 17.2 Å². The van der Waals surface area contributed by atoms with Crippen LogP contribution in [-0.4, -0.2) is 22.3 Å². The molecule has 5 heteroatoms. The van der Waals surface area contributed by atoms with E-state index in [1.165, 1.54) is 9.75 Å². The van der Waals surface area contributed by atoms with Gasteiger partial charge in [-0.3, -0.25) is 4.21 Å². The maximum atomic E-state index is 11.4. The molecule has 2 aromatic rings. The molecule has 3 unspecified atom stereocenters. The summed E-state index contributed by atoms with van der Waals surface area (Å²) >= 11 is 3.61. The minimum absolute atomic E-state index is 0.258. The molecule has 0 saturated carbocycles. The van der Waals surface area contributed by atoms with E-state index in [0.717, 1.165) is 19.4 Å². The van der Waals surface area contributed by atoms with E-state index in [2.05, 4.69) is 47.3 Å². The van der Waals surface area contributed by atoms with Gasteiger partial charge in [0, 0.05) is 44.5 Å². The van der Waals surface area contributed by atoms with Crippen molar-refractivity contribution in [2.75, 3.05) is 12.8 Å². The molecule has 110 valence electrons. The summed E-state index contributed by atoms with van der Waals surface area (Å²) in [7, 11) is -0.729. The lowest BCUT2D eigenvalue weighted by molar-refractivity contribution is 0.527. The number of nitrogens with one attached hydrogen (secondary N) is 1. The van der Waals surface area contributed by atoms with Crippen molar-refractivity contribution in [1.29, 1.82) is 0 Å². The van der Waals surface area contributed by atoms with E-state index in [1.807, 2.05) is 11.3 Å². The maximum Gasteiger partial charge on any atom is 0.0463 e. The first-order chi connectivity index (χ1) is 9.66. The Morgan fingerprint density at radius 1 is 1.25 bits per heavy atom. The van der Waals surface area contributed by atoms with Gasteiger partial charge in [-0.05, 0) is 35.9 Å². The Labute approximate surface area is 131 Å². The highest BCUT2D eigenvalue weighted by atomic mass is 32.2. The SMILES string of the molecule is CC(CCNC(Cc1cccs1)c1cccs1)S(C)=O. The Balaban J connectivity index is 1.92. The molecule has 0 bridgehead atoms. The summed E-state index contributed by atoms with van der Waals surface area (Å²) in [6.45, 7) is 2.96. The van der Waals surface area contributed by atoms with E-state index in [9.17, 15) is 4.21 Å². The van der Waals surface area contributed by atoms with Crippen molar-refractivity contribution in [3.05, 3.63) is 44.8 Å². The first kappa shape index (κ1) is 15.9. The van der Waals surface area contributed by atoms with E-state index in [-0.39, 0.29) is 5.25 Å².